The second-order valence-corrected chi connectivity index (χ2v) is 3.98. The fraction of sp³-hybridized carbons (Fsp3) is 0.357. The molecule has 2 heterocycles. The Morgan fingerprint density at radius 3 is 1.94 bits per heavy atom. The van der Waals surface area contributed by atoms with E-state index < -0.39 is 0 Å². The van der Waals surface area contributed by atoms with Crippen molar-refractivity contribution in [1.29, 1.82) is 0 Å². The maximum atomic E-state index is 5.36. The lowest BCUT2D eigenvalue weighted by molar-refractivity contribution is 0.520. The number of nitrogens with one attached hydrogen (secondary N) is 2. The van der Waals surface area contributed by atoms with Crippen LogP contribution in [-0.2, 0) is 0 Å². The first kappa shape index (κ1) is 14.3. The first-order chi connectivity index (χ1) is 8.89. The van der Waals surface area contributed by atoms with Gasteiger partial charge in [-0.25, -0.2) is 4.98 Å². The van der Waals surface area contributed by atoms with Crippen LogP contribution in [0.1, 0.15) is 19.3 Å². The third-order valence-electron chi connectivity index (χ3n) is 2.41. The predicted molar refractivity (Wildman–Crippen MR) is 76.2 cm³/mol. The van der Waals surface area contributed by atoms with Crippen LogP contribution in [-0.4, -0.2) is 23.1 Å². The molecule has 1 aromatic carbocycles. The molecule has 4 heteroatoms. The number of hydrogen-bond acceptors (Lipinski definition) is 3. The van der Waals surface area contributed by atoms with Gasteiger partial charge in [0.1, 0.15) is 0 Å². The summed E-state index contributed by atoms with van der Waals surface area (Å²) in [5, 5.41) is 3.28. The van der Waals surface area contributed by atoms with Crippen LogP contribution >= 0.6 is 0 Å². The molecule has 0 unspecified atom stereocenters. The van der Waals surface area contributed by atoms with E-state index in [1.165, 1.54) is 32.4 Å². The number of H-pyrrole nitrogens is 1. The quantitative estimate of drug-likeness (QED) is 0.625. The Kier molecular flexibility index (Phi) is 8.20. The first-order valence-corrected chi connectivity index (χ1v) is 6.33. The van der Waals surface area contributed by atoms with Crippen LogP contribution in [0.3, 0.4) is 0 Å². The summed E-state index contributed by atoms with van der Waals surface area (Å²) in [6.45, 7) is 2.50. The van der Waals surface area contributed by atoms with Crippen molar-refractivity contribution < 1.29 is 0 Å². The largest absolute Gasteiger partial charge is 0.399 e. The van der Waals surface area contributed by atoms with Crippen LogP contribution in [0, 0.1) is 0 Å². The van der Waals surface area contributed by atoms with E-state index >= 15 is 0 Å². The number of anilines is 1. The monoisotopic (exact) mass is 246 g/mol. The van der Waals surface area contributed by atoms with Crippen LogP contribution in [0.5, 0.6) is 0 Å². The molecule has 0 atom stereocenters. The second kappa shape index (κ2) is 10.4. The maximum absolute atomic E-state index is 5.36. The zero-order valence-electron chi connectivity index (χ0n) is 10.7. The van der Waals surface area contributed by atoms with Crippen molar-refractivity contribution in [2.75, 3.05) is 18.8 Å². The summed E-state index contributed by atoms with van der Waals surface area (Å²) >= 11 is 0. The van der Waals surface area contributed by atoms with Gasteiger partial charge in [-0.05, 0) is 38.1 Å². The molecule has 1 aliphatic rings. The second-order valence-electron chi connectivity index (χ2n) is 3.98. The van der Waals surface area contributed by atoms with Crippen molar-refractivity contribution in [3.8, 4) is 0 Å². The minimum atomic E-state index is 0.822. The molecule has 1 aromatic heterocycles. The number of nitrogens with zero attached hydrogens (tertiary/aromatic N) is 1. The summed E-state index contributed by atoms with van der Waals surface area (Å²) in [4.78, 5) is 6.42. The zero-order chi connectivity index (χ0) is 12.9. The van der Waals surface area contributed by atoms with Gasteiger partial charge in [0.05, 0.1) is 6.33 Å². The molecule has 4 N–H and O–H groups in total. The SMILES string of the molecule is C1CCNCC1.Nc1ccccc1.c1c[nH]cn1. The molecular formula is C14H22N4. The Balaban J connectivity index is 0.000000137. The lowest BCUT2D eigenvalue weighted by Gasteiger charge is -2.08. The summed E-state index contributed by atoms with van der Waals surface area (Å²) in [7, 11) is 0. The van der Waals surface area contributed by atoms with E-state index in [1.807, 2.05) is 30.3 Å². The highest BCUT2D eigenvalue weighted by atomic mass is 14.9. The van der Waals surface area contributed by atoms with Crippen molar-refractivity contribution in [1.82, 2.24) is 15.3 Å². The minimum Gasteiger partial charge on any atom is -0.399 e. The molecular weight excluding hydrogens is 224 g/mol. The molecule has 0 bridgehead atoms. The average Bonchev–Trinajstić information content (AvgIpc) is 3.01. The lowest BCUT2D eigenvalue weighted by Crippen LogP contribution is -2.21. The summed E-state index contributed by atoms with van der Waals surface area (Å²) in [6.07, 6.45) is 9.30. The summed E-state index contributed by atoms with van der Waals surface area (Å²) < 4.78 is 0. The molecule has 0 radical (unpaired) electrons. The van der Waals surface area contributed by atoms with Gasteiger partial charge >= 0.3 is 0 Å². The van der Waals surface area contributed by atoms with Gasteiger partial charge in [-0.1, -0.05) is 24.6 Å². The number of aromatic amines is 1. The molecule has 1 aliphatic heterocycles. The van der Waals surface area contributed by atoms with Gasteiger partial charge < -0.3 is 16.0 Å². The number of hydrogen-bond donors (Lipinski definition) is 3. The van der Waals surface area contributed by atoms with Crippen LogP contribution in [0.4, 0.5) is 5.69 Å². The highest BCUT2D eigenvalue weighted by molar-refractivity contribution is 5.35. The number of aromatic nitrogens is 2. The first-order valence-electron chi connectivity index (χ1n) is 6.33. The van der Waals surface area contributed by atoms with Gasteiger partial charge in [0.25, 0.3) is 0 Å². The van der Waals surface area contributed by atoms with Crippen molar-refractivity contribution >= 4 is 5.69 Å². The molecule has 1 saturated heterocycles. The molecule has 18 heavy (non-hydrogen) atoms. The van der Waals surface area contributed by atoms with Crippen LogP contribution < -0.4 is 11.1 Å². The molecule has 0 saturated carbocycles. The topological polar surface area (TPSA) is 66.7 Å². The number of imidazole rings is 1. The number of para-hydroxylation sites is 1. The number of benzene rings is 1. The predicted octanol–water partition coefficient (Wildman–Crippen LogP) is 2.44. The summed E-state index contributed by atoms with van der Waals surface area (Å²) in [5.41, 5.74) is 6.18. The van der Waals surface area contributed by atoms with Crippen molar-refractivity contribution in [2.24, 2.45) is 0 Å². The van der Waals surface area contributed by atoms with E-state index in [0.717, 1.165) is 5.69 Å². The third kappa shape index (κ3) is 8.35. The molecule has 2 aromatic rings. The number of nitrogen functional groups attached to an aromatic ring is 1. The fourth-order valence-corrected chi connectivity index (χ4v) is 1.47. The van der Waals surface area contributed by atoms with Gasteiger partial charge in [-0.3, -0.25) is 0 Å². The molecule has 98 valence electrons. The molecule has 0 spiro atoms. The normalized spacial score (nSPS) is 13.6. The number of piperidine rings is 1. The van der Waals surface area contributed by atoms with E-state index in [9.17, 15) is 0 Å². The van der Waals surface area contributed by atoms with Crippen LogP contribution in [0.2, 0.25) is 0 Å². The van der Waals surface area contributed by atoms with Gasteiger partial charge in [0, 0.05) is 18.1 Å². The van der Waals surface area contributed by atoms with Gasteiger partial charge in [-0.2, -0.15) is 0 Å². The third-order valence-corrected chi connectivity index (χ3v) is 2.41. The van der Waals surface area contributed by atoms with E-state index in [2.05, 4.69) is 15.3 Å². The van der Waals surface area contributed by atoms with Gasteiger partial charge in [0.2, 0.25) is 0 Å². The number of rotatable bonds is 0. The van der Waals surface area contributed by atoms with E-state index in [0.29, 0.717) is 0 Å². The van der Waals surface area contributed by atoms with Crippen LogP contribution in [0.25, 0.3) is 0 Å². The van der Waals surface area contributed by atoms with E-state index in [-0.39, 0.29) is 0 Å². The summed E-state index contributed by atoms with van der Waals surface area (Å²) in [6, 6.07) is 9.49. The molecule has 0 aliphatic carbocycles. The van der Waals surface area contributed by atoms with Crippen LogP contribution in [0.15, 0.2) is 49.1 Å². The average molecular weight is 246 g/mol. The highest BCUT2D eigenvalue weighted by Crippen LogP contribution is 1.96. The van der Waals surface area contributed by atoms with E-state index in [4.69, 9.17) is 5.73 Å². The van der Waals surface area contributed by atoms with Gasteiger partial charge in [-0.15, -0.1) is 0 Å². The molecule has 3 rings (SSSR count). The summed E-state index contributed by atoms with van der Waals surface area (Å²) in [5.74, 6) is 0. The zero-order valence-corrected chi connectivity index (χ0v) is 10.7. The minimum absolute atomic E-state index is 0.822. The Bertz CT molecular complexity index is 326. The number of nitrogens with two attached hydrogens (primary N) is 1. The Hall–Kier alpha value is -1.81. The fourth-order valence-electron chi connectivity index (χ4n) is 1.47. The maximum Gasteiger partial charge on any atom is 0.0919 e. The smallest absolute Gasteiger partial charge is 0.0919 e. The Morgan fingerprint density at radius 2 is 1.72 bits per heavy atom. The Labute approximate surface area is 109 Å². The highest BCUT2D eigenvalue weighted by Gasteiger charge is 1.93. The van der Waals surface area contributed by atoms with Crippen molar-refractivity contribution in [2.45, 2.75) is 19.3 Å². The van der Waals surface area contributed by atoms with E-state index in [1.54, 1.807) is 18.7 Å². The van der Waals surface area contributed by atoms with Crippen molar-refractivity contribution in [3.05, 3.63) is 49.1 Å². The van der Waals surface area contributed by atoms with Crippen molar-refractivity contribution in [3.63, 3.8) is 0 Å². The van der Waals surface area contributed by atoms with Gasteiger partial charge in [0.15, 0.2) is 0 Å². The Morgan fingerprint density at radius 1 is 1.00 bits per heavy atom. The standard InChI is InChI=1S/C6H7N.C5H11N.C3H4N2/c7-6-4-2-1-3-5-6;1-2-4-6-5-3-1;1-2-5-3-4-1/h1-5H,7H2;6H,1-5H2;1-3H,(H,4,5). The molecule has 0 amide bonds. The lowest BCUT2D eigenvalue weighted by atomic mass is 10.2. The molecule has 1 fully saturated rings. The molecule has 4 nitrogen and oxygen atoms in total.